The summed E-state index contributed by atoms with van der Waals surface area (Å²) in [5.41, 5.74) is 1.18. The van der Waals surface area contributed by atoms with E-state index in [1.165, 1.54) is 6.20 Å². The summed E-state index contributed by atoms with van der Waals surface area (Å²) in [6.07, 6.45) is 5.16. The van der Waals surface area contributed by atoms with Crippen LogP contribution in [0.25, 0.3) is 0 Å². The molecule has 1 unspecified atom stereocenters. The average Bonchev–Trinajstić information content (AvgIpc) is 3.09. The van der Waals surface area contributed by atoms with Gasteiger partial charge >= 0.3 is 0 Å². The van der Waals surface area contributed by atoms with Crippen molar-refractivity contribution in [1.29, 1.82) is 0 Å². The number of anilines is 2. The molecule has 120 valence electrons. The summed E-state index contributed by atoms with van der Waals surface area (Å²) in [6, 6.07) is 7.71. The maximum Gasteiger partial charge on any atom is 0.271 e. The molecule has 7 heteroatoms. The van der Waals surface area contributed by atoms with Gasteiger partial charge in [-0.2, -0.15) is 0 Å². The molecule has 0 spiro atoms. The Labute approximate surface area is 142 Å². The average molecular weight is 377 g/mol. The number of nitrogens with one attached hydrogen (secondary N) is 2. The van der Waals surface area contributed by atoms with Crippen LogP contribution in [0, 0.1) is 0 Å². The Bertz CT molecular complexity index is 672. The zero-order chi connectivity index (χ0) is 16.1. The lowest BCUT2D eigenvalue weighted by molar-refractivity contribution is 0.0853. The van der Waals surface area contributed by atoms with Crippen molar-refractivity contribution in [3.63, 3.8) is 0 Å². The highest BCUT2D eigenvalue weighted by Gasteiger charge is 2.17. The van der Waals surface area contributed by atoms with Crippen molar-refractivity contribution in [2.24, 2.45) is 0 Å². The van der Waals surface area contributed by atoms with E-state index in [1.807, 2.05) is 24.3 Å². The van der Waals surface area contributed by atoms with E-state index < -0.39 is 0 Å². The molecule has 1 aromatic heterocycles. The van der Waals surface area contributed by atoms with Gasteiger partial charge < -0.3 is 15.4 Å². The van der Waals surface area contributed by atoms with Gasteiger partial charge in [0, 0.05) is 17.6 Å². The van der Waals surface area contributed by atoms with Crippen molar-refractivity contribution in [3.05, 3.63) is 46.8 Å². The van der Waals surface area contributed by atoms with Crippen molar-refractivity contribution < 1.29 is 9.53 Å². The van der Waals surface area contributed by atoms with Crippen LogP contribution >= 0.6 is 15.9 Å². The fourth-order valence-corrected chi connectivity index (χ4v) is 2.70. The van der Waals surface area contributed by atoms with E-state index in [2.05, 4.69) is 36.5 Å². The molecule has 0 bridgehead atoms. The summed E-state index contributed by atoms with van der Waals surface area (Å²) >= 11 is 3.46. The van der Waals surface area contributed by atoms with Crippen molar-refractivity contribution in [3.8, 4) is 0 Å². The third-order valence-corrected chi connectivity index (χ3v) is 4.23. The molecule has 23 heavy (non-hydrogen) atoms. The van der Waals surface area contributed by atoms with E-state index >= 15 is 0 Å². The van der Waals surface area contributed by atoms with E-state index in [0.29, 0.717) is 18.1 Å². The van der Waals surface area contributed by atoms with Crippen LogP contribution in [0.1, 0.15) is 23.3 Å². The van der Waals surface area contributed by atoms with Crippen LogP contribution in [0.5, 0.6) is 0 Å². The Balaban J connectivity index is 1.58. The minimum absolute atomic E-state index is 0.114. The number of benzene rings is 1. The number of ether oxygens (including phenoxy) is 1. The van der Waals surface area contributed by atoms with Gasteiger partial charge in [-0.3, -0.25) is 4.79 Å². The molecule has 1 aromatic carbocycles. The van der Waals surface area contributed by atoms with Gasteiger partial charge in [0.15, 0.2) is 0 Å². The number of para-hydroxylation sites is 1. The molecule has 1 amide bonds. The second kappa shape index (κ2) is 7.52. The molecule has 0 radical (unpaired) electrons. The van der Waals surface area contributed by atoms with Crippen LogP contribution in [0.4, 0.5) is 11.5 Å². The van der Waals surface area contributed by atoms with E-state index in [0.717, 1.165) is 29.6 Å². The highest BCUT2D eigenvalue weighted by molar-refractivity contribution is 9.10. The maximum atomic E-state index is 12.0. The molecule has 1 saturated heterocycles. The molecule has 1 aliphatic heterocycles. The largest absolute Gasteiger partial charge is 0.376 e. The standard InChI is InChI=1S/C16H17BrN4O2/c17-12-5-1-2-6-13(12)21-15-10-18-14(9-19-15)16(22)20-8-11-4-3-7-23-11/h1-2,5-6,9-11H,3-4,7-8H2,(H,19,21)(H,20,22). The number of aromatic nitrogens is 2. The summed E-state index contributed by atoms with van der Waals surface area (Å²) in [4.78, 5) is 20.4. The van der Waals surface area contributed by atoms with Gasteiger partial charge in [-0.05, 0) is 40.9 Å². The number of nitrogens with zero attached hydrogens (tertiary/aromatic N) is 2. The lowest BCUT2D eigenvalue weighted by atomic mass is 10.2. The molecule has 2 N–H and O–H groups in total. The maximum absolute atomic E-state index is 12.0. The Kier molecular flexibility index (Phi) is 5.19. The number of halogens is 1. The molecular weight excluding hydrogens is 360 g/mol. The lowest BCUT2D eigenvalue weighted by Crippen LogP contribution is -2.32. The number of hydrogen-bond acceptors (Lipinski definition) is 5. The van der Waals surface area contributed by atoms with Crippen molar-refractivity contribution >= 4 is 33.3 Å². The van der Waals surface area contributed by atoms with E-state index in [9.17, 15) is 4.79 Å². The number of rotatable bonds is 5. The van der Waals surface area contributed by atoms with Crippen LogP contribution in [-0.2, 0) is 4.74 Å². The number of carbonyl (C=O) groups is 1. The van der Waals surface area contributed by atoms with Crippen molar-refractivity contribution in [2.45, 2.75) is 18.9 Å². The second-order valence-corrected chi connectivity index (χ2v) is 6.09. The molecule has 0 aliphatic carbocycles. The smallest absolute Gasteiger partial charge is 0.271 e. The van der Waals surface area contributed by atoms with Crippen LogP contribution in [0.3, 0.4) is 0 Å². The Morgan fingerprint density at radius 1 is 1.30 bits per heavy atom. The van der Waals surface area contributed by atoms with E-state index in [-0.39, 0.29) is 12.0 Å². The van der Waals surface area contributed by atoms with Gasteiger partial charge in [0.2, 0.25) is 0 Å². The third kappa shape index (κ3) is 4.27. The minimum Gasteiger partial charge on any atom is -0.376 e. The molecule has 2 heterocycles. The predicted octanol–water partition coefficient (Wildman–Crippen LogP) is 2.89. The SMILES string of the molecule is O=C(NCC1CCCO1)c1cnc(Nc2ccccc2Br)cn1. The fraction of sp³-hybridized carbons (Fsp3) is 0.312. The van der Waals surface area contributed by atoms with Crippen LogP contribution in [-0.4, -0.2) is 35.1 Å². The molecule has 2 aromatic rings. The van der Waals surface area contributed by atoms with E-state index in [1.54, 1.807) is 6.20 Å². The van der Waals surface area contributed by atoms with E-state index in [4.69, 9.17) is 4.74 Å². The van der Waals surface area contributed by atoms with Crippen LogP contribution < -0.4 is 10.6 Å². The summed E-state index contributed by atoms with van der Waals surface area (Å²) in [5, 5.41) is 5.97. The number of amides is 1. The molecule has 1 aliphatic rings. The number of carbonyl (C=O) groups excluding carboxylic acids is 1. The zero-order valence-electron chi connectivity index (χ0n) is 12.5. The monoisotopic (exact) mass is 376 g/mol. The molecule has 1 fully saturated rings. The Morgan fingerprint density at radius 3 is 2.87 bits per heavy atom. The third-order valence-electron chi connectivity index (χ3n) is 3.54. The molecule has 6 nitrogen and oxygen atoms in total. The predicted molar refractivity (Wildman–Crippen MR) is 90.8 cm³/mol. The van der Waals surface area contributed by atoms with Crippen LogP contribution in [0.15, 0.2) is 41.1 Å². The van der Waals surface area contributed by atoms with Gasteiger partial charge in [-0.15, -0.1) is 0 Å². The number of hydrogen-bond donors (Lipinski definition) is 2. The molecule has 1 atom stereocenters. The fourth-order valence-electron chi connectivity index (χ4n) is 2.31. The first kappa shape index (κ1) is 15.9. The normalized spacial score (nSPS) is 17.0. The Morgan fingerprint density at radius 2 is 2.17 bits per heavy atom. The van der Waals surface area contributed by atoms with Gasteiger partial charge in [0.1, 0.15) is 11.5 Å². The molecule has 0 saturated carbocycles. The van der Waals surface area contributed by atoms with Crippen molar-refractivity contribution in [2.75, 3.05) is 18.5 Å². The van der Waals surface area contributed by atoms with Crippen molar-refractivity contribution in [1.82, 2.24) is 15.3 Å². The highest BCUT2D eigenvalue weighted by Crippen LogP contribution is 2.23. The van der Waals surface area contributed by atoms with Crippen LogP contribution in [0.2, 0.25) is 0 Å². The lowest BCUT2D eigenvalue weighted by Gasteiger charge is -2.11. The highest BCUT2D eigenvalue weighted by atomic mass is 79.9. The topological polar surface area (TPSA) is 76.1 Å². The second-order valence-electron chi connectivity index (χ2n) is 5.24. The minimum atomic E-state index is -0.236. The first-order valence-corrected chi connectivity index (χ1v) is 8.25. The summed E-state index contributed by atoms with van der Waals surface area (Å²) < 4.78 is 6.40. The van der Waals surface area contributed by atoms with Gasteiger partial charge in [0.25, 0.3) is 5.91 Å². The first-order chi connectivity index (χ1) is 11.2. The molecular formula is C16H17BrN4O2. The van der Waals surface area contributed by atoms with Gasteiger partial charge in [0.05, 0.1) is 24.2 Å². The van der Waals surface area contributed by atoms with Gasteiger partial charge in [-0.25, -0.2) is 9.97 Å². The molecule has 3 rings (SSSR count). The first-order valence-electron chi connectivity index (χ1n) is 7.46. The quantitative estimate of drug-likeness (QED) is 0.838. The zero-order valence-corrected chi connectivity index (χ0v) is 14.0. The summed E-state index contributed by atoms with van der Waals surface area (Å²) in [5.74, 6) is 0.341. The Hall–Kier alpha value is -1.99. The summed E-state index contributed by atoms with van der Waals surface area (Å²) in [7, 11) is 0. The van der Waals surface area contributed by atoms with Gasteiger partial charge in [-0.1, -0.05) is 12.1 Å². The summed E-state index contributed by atoms with van der Waals surface area (Å²) in [6.45, 7) is 1.28.